The van der Waals surface area contributed by atoms with Crippen LogP contribution in [-0.4, -0.2) is 28.5 Å². The Balaban J connectivity index is 2.54. The summed E-state index contributed by atoms with van der Waals surface area (Å²) in [6, 6.07) is 0. The lowest BCUT2D eigenvalue weighted by Gasteiger charge is -2.17. The molecule has 50 valence electrons. The van der Waals surface area contributed by atoms with Gasteiger partial charge < -0.3 is 0 Å². The number of carbonyl (C=O) groups excluding carboxylic acids is 2. The topological polar surface area (TPSA) is 57.6 Å². The van der Waals surface area contributed by atoms with E-state index >= 15 is 0 Å². The van der Waals surface area contributed by atoms with E-state index in [4.69, 9.17) is 5.21 Å². The number of ketones is 1. The van der Waals surface area contributed by atoms with E-state index in [-0.39, 0.29) is 31.1 Å². The van der Waals surface area contributed by atoms with Gasteiger partial charge in [0.1, 0.15) is 6.54 Å². The van der Waals surface area contributed by atoms with Crippen LogP contribution < -0.4 is 0 Å². The highest BCUT2D eigenvalue weighted by Crippen LogP contribution is 2.03. The summed E-state index contributed by atoms with van der Waals surface area (Å²) in [5.74, 6) is -0.452. The highest BCUT2D eigenvalue weighted by molar-refractivity contribution is 5.91. The molecule has 1 aliphatic rings. The number of carbonyl (C=O) groups is 2. The third-order valence-electron chi connectivity index (χ3n) is 1.23. The first kappa shape index (κ1) is 6.22. The SMILES string of the molecule is O=C1CCC(=O)N(O)C1. The van der Waals surface area contributed by atoms with Crippen molar-refractivity contribution in [3.05, 3.63) is 0 Å². The molecule has 0 atom stereocenters. The van der Waals surface area contributed by atoms with Crippen molar-refractivity contribution >= 4 is 11.7 Å². The normalized spacial score (nSPS) is 20.8. The minimum absolute atomic E-state index is 0.0860. The van der Waals surface area contributed by atoms with Crippen LogP contribution in [0.4, 0.5) is 0 Å². The minimum Gasteiger partial charge on any atom is -0.298 e. The first-order valence-electron chi connectivity index (χ1n) is 2.71. The van der Waals surface area contributed by atoms with Gasteiger partial charge in [0.2, 0.25) is 5.91 Å². The summed E-state index contributed by atoms with van der Waals surface area (Å²) < 4.78 is 0. The Kier molecular flexibility index (Phi) is 1.48. The van der Waals surface area contributed by atoms with Crippen molar-refractivity contribution in [2.75, 3.05) is 6.54 Å². The van der Waals surface area contributed by atoms with Crippen LogP contribution in [0.3, 0.4) is 0 Å². The van der Waals surface area contributed by atoms with Crippen LogP contribution in [0.5, 0.6) is 0 Å². The second-order valence-corrected chi connectivity index (χ2v) is 1.99. The third-order valence-corrected chi connectivity index (χ3v) is 1.23. The van der Waals surface area contributed by atoms with E-state index in [1.165, 1.54) is 0 Å². The molecule has 0 aromatic rings. The van der Waals surface area contributed by atoms with E-state index in [2.05, 4.69) is 0 Å². The van der Waals surface area contributed by atoms with Gasteiger partial charge in [-0.05, 0) is 0 Å². The molecular weight excluding hydrogens is 122 g/mol. The van der Waals surface area contributed by atoms with Crippen molar-refractivity contribution in [1.82, 2.24) is 5.06 Å². The first-order valence-corrected chi connectivity index (χ1v) is 2.71. The smallest absolute Gasteiger partial charge is 0.246 e. The fourth-order valence-corrected chi connectivity index (χ4v) is 0.710. The number of hydroxylamine groups is 2. The lowest BCUT2D eigenvalue weighted by molar-refractivity contribution is -0.173. The van der Waals surface area contributed by atoms with Gasteiger partial charge in [0.25, 0.3) is 0 Å². The quantitative estimate of drug-likeness (QED) is 0.451. The second-order valence-electron chi connectivity index (χ2n) is 1.99. The molecule has 1 saturated heterocycles. The molecule has 4 nitrogen and oxygen atoms in total. The van der Waals surface area contributed by atoms with Crippen molar-refractivity contribution in [3.63, 3.8) is 0 Å². The zero-order chi connectivity index (χ0) is 6.85. The fraction of sp³-hybridized carbons (Fsp3) is 0.600. The lowest BCUT2D eigenvalue weighted by Crippen LogP contribution is -2.37. The number of Topliss-reactive ketones (excluding diaryl/α,β-unsaturated/α-hetero) is 1. The molecular formula is C5H7NO3. The van der Waals surface area contributed by atoms with Crippen molar-refractivity contribution in [2.45, 2.75) is 12.8 Å². The van der Waals surface area contributed by atoms with E-state index in [9.17, 15) is 9.59 Å². The van der Waals surface area contributed by atoms with Gasteiger partial charge in [-0.3, -0.25) is 14.8 Å². The number of amides is 1. The predicted molar refractivity (Wildman–Crippen MR) is 27.7 cm³/mol. The number of rotatable bonds is 0. The Bertz CT molecular complexity index is 154. The maximum absolute atomic E-state index is 10.5. The maximum atomic E-state index is 10.5. The summed E-state index contributed by atoms with van der Waals surface area (Å²) in [7, 11) is 0. The fourth-order valence-electron chi connectivity index (χ4n) is 0.710. The lowest BCUT2D eigenvalue weighted by atomic mass is 10.1. The molecule has 1 rings (SSSR count). The largest absolute Gasteiger partial charge is 0.298 e. The average Bonchev–Trinajstić information content (AvgIpc) is 1.80. The van der Waals surface area contributed by atoms with Crippen LogP contribution in [-0.2, 0) is 9.59 Å². The van der Waals surface area contributed by atoms with Crippen molar-refractivity contribution < 1.29 is 14.8 Å². The number of hydrogen-bond donors (Lipinski definition) is 1. The van der Waals surface area contributed by atoms with Gasteiger partial charge in [0, 0.05) is 12.8 Å². The molecule has 0 aliphatic carbocycles. The van der Waals surface area contributed by atoms with Crippen LogP contribution >= 0.6 is 0 Å². The zero-order valence-corrected chi connectivity index (χ0v) is 4.83. The van der Waals surface area contributed by atoms with Crippen LogP contribution in [0, 0.1) is 0 Å². The second kappa shape index (κ2) is 2.14. The molecule has 0 bridgehead atoms. The van der Waals surface area contributed by atoms with Gasteiger partial charge in [-0.25, -0.2) is 5.06 Å². The van der Waals surface area contributed by atoms with E-state index in [0.717, 1.165) is 0 Å². The molecule has 1 fully saturated rings. The molecule has 4 heteroatoms. The molecule has 1 amide bonds. The van der Waals surface area contributed by atoms with E-state index in [1.807, 2.05) is 0 Å². The average molecular weight is 129 g/mol. The van der Waals surface area contributed by atoms with Crippen molar-refractivity contribution in [3.8, 4) is 0 Å². The Morgan fingerprint density at radius 1 is 1.33 bits per heavy atom. The van der Waals surface area contributed by atoms with Crippen molar-refractivity contribution in [1.29, 1.82) is 0 Å². The third kappa shape index (κ3) is 1.26. The molecule has 0 spiro atoms. The van der Waals surface area contributed by atoms with Crippen LogP contribution in [0.15, 0.2) is 0 Å². The summed E-state index contributed by atoms with van der Waals surface area (Å²) in [5.41, 5.74) is 0. The van der Waals surface area contributed by atoms with Gasteiger partial charge in [-0.15, -0.1) is 0 Å². The summed E-state index contributed by atoms with van der Waals surface area (Å²) in [6.45, 7) is -0.140. The van der Waals surface area contributed by atoms with Crippen molar-refractivity contribution in [2.24, 2.45) is 0 Å². The predicted octanol–water partition coefficient (Wildman–Crippen LogP) is -0.433. The van der Waals surface area contributed by atoms with Crippen LogP contribution in [0.2, 0.25) is 0 Å². The monoisotopic (exact) mass is 129 g/mol. The van der Waals surface area contributed by atoms with Gasteiger partial charge in [0.05, 0.1) is 0 Å². The first-order chi connectivity index (χ1) is 4.20. The highest BCUT2D eigenvalue weighted by Gasteiger charge is 2.21. The molecule has 1 heterocycles. The Morgan fingerprint density at radius 2 is 2.00 bits per heavy atom. The van der Waals surface area contributed by atoms with Gasteiger partial charge in [0.15, 0.2) is 5.78 Å². The summed E-state index contributed by atoms with van der Waals surface area (Å²) in [4.78, 5) is 20.9. The van der Waals surface area contributed by atoms with E-state index < -0.39 is 0 Å². The Labute approximate surface area is 52.0 Å². The summed E-state index contributed by atoms with van der Waals surface area (Å²) >= 11 is 0. The maximum Gasteiger partial charge on any atom is 0.246 e. The summed E-state index contributed by atoms with van der Waals surface area (Å²) in [5, 5.41) is 9.08. The van der Waals surface area contributed by atoms with Gasteiger partial charge in [-0.1, -0.05) is 0 Å². The standard InChI is InChI=1S/C5H7NO3/c7-4-1-2-5(8)6(9)3-4/h9H,1-3H2. The van der Waals surface area contributed by atoms with Gasteiger partial charge >= 0.3 is 0 Å². The van der Waals surface area contributed by atoms with Gasteiger partial charge in [-0.2, -0.15) is 0 Å². The van der Waals surface area contributed by atoms with Crippen LogP contribution in [0.25, 0.3) is 0 Å². The zero-order valence-electron chi connectivity index (χ0n) is 4.83. The molecule has 0 unspecified atom stereocenters. The molecule has 0 radical (unpaired) electrons. The molecule has 0 saturated carbocycles. The highest BCUT2D eigenvalue weighted by atomic mass is 16.5. The Morgan fingerprint density at radius 3 is 2.44 bits per heavy atom. The van der Waals surface area contributed by atoms with E-state index in [0.29, 0.717) is 5.06 Å². The van der Waals surface area contributed by atoms with Crippen LogP contribution in [0.1, 0.15) is 12.8 Å². The minimum atomic E-state index is -0.366. The Hall–Kier alpha value is -0.900. The molecule has 1 aliphatic heterocycles. The summed E-state index contributed by atoms with van der Waals surface area (Å²) in [6.07, 6.45) is 0.422. The number of hydrogen-bond acceptors (Lipinski definition) is 3. The molecule has 1 N–H and O–H groups in total. The number of nitrogens with zero attached hydrogens (tertiary/aromatic N) is 1. The molecule has 9 heavy (non-hydrogen) atoms. The van der Waals surface area contributed by atoms with E-state index in [1.54, 1.807) is 0 Å². The molecule has 0 aromatic heterocycles. The number of piperidine rings is 1. The molecule has 0 aromatic carbocycles.